The van der Waals surface area contributed by atoms with E-state index in [2.05, 4.69) is 20.4 Å². The molecule has 0 aliphatic heterocycles. The Kier molecular flexibility index (Phi) is 8.34. The van der Waals surface area contributed by atoms with E-state index in [1.165, 1.54) is 29.9 Å². The van der Waals surface area contributed by atoms with E-state index in [0.717, 1.165) is 51.4 Å². The molecule has 0 radical (unpaired) electrons. The van der Waals surface area contributed by atoms with E-state index in [1.54, 1.807) is 6.07 Å². The number of aromatic hydroxyl groups is 2. The van der Waals surface area contributed by atoms with Gasteiger partial charge in [0.15, 0.2) is 11.5 Å². The smallest absolute Gasteiger partial charge is 0.330 e. The number of phenolic OH excluding ortho intramolecular Hbond substituents is 2. The van der Waals surface area contributed by atoms with Crippen LogP contribution in [0.15, 0.2) is 36.4 Å². The number of benzene rings is 1. The zero-order valence-corrected chi connectivity index (χ0v) is 21.3. The molecule has 3 rings (SSSR count). The van der Waals surface area contributed by atoms with E-state index in [1.807, 2.05) is 6.92 Å². The fourth-order valence-electron chi connectivity index (χ4n) is 6.55. The van der Waals surface area contributed by atoms with E-state index >= 15 is 0 Å². The topological polar surface area (TPSA) is 104 Å². The lowest BCUT2D eigenvalue weighted by Gasteiger charge is -2.57. The minimum absolute atomic E-state index is 0.0274. The third-order valence-electron chi connectivity index (χ3n) is 8.72. The maximum atomic E-state index is 12.2. The Labute approximate surface area is 208 Å². The number of aliphatic carboxylic acids is 1. The summed E-state index contributed by atoms with van der Waals surface area (Å²) in [5.74, 6) is -0.685. The Morgan fingerprint density at radius 2 is 1.94 bits per heavy atom. The number of hydrogen-bond donors (Lipinski definition) is 3. The number of hydrogen-bond acceptors (Lipinski definition) is 5. The van der Waals surface area contributed by atoms with Crippen molar-refractivity contribution in [1.29, 1.82) is 0 Å². The predicted octanol–water partition coefficient (Wildman–Crippen LogP) is 6.32. The monoisotopic (exact) mass is 484 g/mol. The number of fused-ring (bicyclic) bond motifs is 1. The zero-order chi connectivity index (χ0) is 25.8. The van der Waals surface area contributed by atoms with Crippen LogP contribution in [0.5, 0.6) is 11.5 Å². The van der Waals surface area contributed by atoms with Crippen molar-refractivity contribution in [3.63, 3.8) is 0 Å². The van der Waals surface area contributed by atoms with Crippen molar-refractivity contribution >= 4 is 18.0 Å². The fraction of sp³-hybridized carbons (Fsp3) is 0.586. The van der Waals surface area contributed by atoms with Crippen LogP contribution in [0.2, 0.25) is 0 Å². The maximum absolute atomic E-state index is 12.2. The number of rotatable bonds is 9. The SMILES string of the molecule is C=C1CC[C@H]2[C@@](C)(CCC[C@]2(C)C(=O)O)[C@@H]1CC[C@H](C)CCOC(=O)C=Cc1ccc(O)c(O)c1. The molecule has 1 aromatic carbocycles. The van der Waals surface area contributed by atoms with Crippen LogP contribution in [0.25, 0.3) is 6.08 Å². The first-order valence-electron chi connectivity index (χ1n) is 12.7. The highest BCUT2D eigenvalue weighted by Gasteiger charge is 2.57. The summed E-state index contributed by atoms with van der Waals surface area (Å²) < 4.78 is 5.34. The summed E-state index contributed by atoms with van der Waals surface area (Å²) in [4.78, 5) is 24.2. The van der Waals surface area contributed by atoms with Crippen molar-refractivity contribution in [2.75, 3.05) is 6.61 Å². The molecular weight excluding hydrogens is 444 g/mol. The van der Waals surface area contributed by atoms with Crippen LogP contribution in [-0.4, -0.2) is 33.9 Å². The highest BCUT2D eigenvalue weighted by molar-refractivity contribution is 5.87. The predicted molar refractivity (Wildman–Crippen MR) is 136 cm³/mol. The molecule has 6 nitrogen and oxygen atoms in total. The molecule has 0 amide bonds. The quantitative estimate of drug-likeness (QED) is 0.164. The van der Waals surface area contributed by atoms with Gasteiger partial charge in [-0.25, -0.2) is 4.79 Å². The van der Waals surface area contributed by atoms with Crippen LogP contribution in [0.4, 0.5) is 0 Å². The lowest BCUT2D eigenvalue weighted by atomic mass is 9.46. The van der Waals surface area contributed by atoms with Crippen LogP contribution < -0.4 is 0 Å². The molecule has 0 unspecified atom stereocenters. The van der Waals surface area contributed by atoms with Gasteiger partial charge in [-0.2, -0.15) is 0 Å². The summed E-state index contributed by atoms with van der Waals surface area (Å²) in [5, 5.41) is 28.9. The molecule has 2 fully saturated rings. The van der Waals surface area contributed by atoms with Gasteiger partial charge in [0.1, 0.15) is 0 Å². The highest BCUT2D eigenvalue weighted by Crippen LogP contribution is 2.62. The van der Waals surface area contributed by atoms with E-state index < -0.39 is 17.4 Å². The van der Waals surface area contributed by atoms with Crippen molar-refractivity contribution in [1.82, 2.24) is 0 Å². The first kappa shape index (κ1) is 26.8. The largest absolute Gasteiger partial charge is 0.504 e. The van der Waals surface area contributed by atoms with Gasteiger partial charge in [0.25, 0.3) is 0 Å². The van der Waals surface area contributed by atoms with Gasteiger partial charge in [0.2, 0.25) is 0 Å². The molecule has 0 heterocycles. The van der Waals surface area contributed by atoms with Crippen LogP contribution in [0.1, 0.15) is 77.7 Å². The molecule has 0 aromatic heterocycles. The minimum atomic E-state index is -0.661. The van der Waals surface area contributed by atoms with Gasteiger partial charge in [-0.05, 0) is 98.8 Å². The van der Waals surface area contributed by atoms with Crippen molar-refractivity contribution < 1.29 is 29.6 Å². The molecule has 0 spiro atoms. The summed E-state index contributed by atoms with van der Waals surface area (Å²) in [6.45, 7) is 11.1. The van der Waals surface area contributed by atoms with Crippen molar-refractivity contribution in [3.05, 3.63) is 42.0 Å². The van der Waals surface area contributed by atoms with Crippen molar-refractivity contribution in [2.24, 2.45) is 28.6 Å². The summed E-state index contributed by atoms with van der Waals surface area (Å²) in [7, 11) is 0. The second-order valence-electron chi connectivity index (χ2n) is 11.1. The Balaban J connectivity index is 1.49. The molecule has 3 N–H and O–H groups in total. The third-order valence-corrected chi connectivity index (χ3v) is 8.72. The molecule has 6 heteroatoms. The standard InChI is InChI=1S/C29H40O6/c1-19(14-17-35-26(32)13-9-21-8-11-23(30)24(31)18-21)6-10-22-20(2)7-12-25-28(22,3)15-5-16-29(25,4)27(33)34/h8-9,11,13,18-19,22,25,30-31H,2,5-7,10,12,14-17H2,1,3-4H3,(H,33,34)/t19-,22+,25-,28-,29-/m0/s1. The summed E-state index contributed by atoms with van der Waals surface area (Å²) in [6.07, 6.45) is 10.2. The number of carbonyl (C=O) groups excluding carboxylic acids is 1. The molecule has 0 bridgehead atoms. The Hall–Kier alpha value is -2.76. The second kappa shape index (κ2) is 10.9. The Morgan fingerprint density at radius 3 is 2.63 bits per heavy atom. The zero-order valence-electron chi connectivity index (χ0n) is 21.3. The fourth-order valence-corrected chi connectivity index (χ4v) is 6.55. The first-order valence-corrected chi connectivity index (χ1v) is 12.7. The van der Waals surface area contributed by atoms with Gasteiger partial charge >= 0.3 is 11.9 Å². The average molecular weight is 485 g/mol. The molecule has 5 atom stereocenters. The summed E-state index contributed by atoms with van der Waals surface area (Å²) in [5.41, 5.74) is 1.17. The lowest BCUT2D eigenvalue weighted by molar-refractivity contribution is -0.164. The molecule has 2 saturated carbocycles. The van der Waals surface area contributed by atoms with Gasteiger partial charge in [-0.15, -0.1) is 0 Å². The number of esters is 1. The van der Waals surface area contributed by atoms with Gasteiger partial charge in [0.05, 0.1) is 12.0 Å². The van der Waals surface area contributed by atoms with Crippen molar-refractivity contribution in [2.45, 2.75) is 72.1 Å². The third kappa shape index (κ3) is 5.91. The number of phenols is 2. The van der Waals surface area contributed by atoms with Crippen LogP contribution in [-0.2, 0) is 14.3 Å². The second-order valence-corrected chi connectivity index (χ2v) is 11.1. The number of carboxylic acid groups (broad SMARTS) is 1. The van der Waals surface area contributed by atoms with Gasteiger partial charge < -0.3 is 20.1 Å². The number of carboxylic acids is 1. The summed E-state index contributed by atoms with van der Waals surface area (Å²) >= 11 is 0. The molecule has 192 valence electrons. The average Bonchev–Trinajstić information content (AvgIpc) is 2.79. The number of allylic oxidation sites excluding steroid dienone is 1. The molecule has 0 saturated heterocycles. The normalized spacial score (nSPS) is 29.5. The Morgan fingerprint density at radius 1 is 1.20 bits per heavy atom. The van der Waals surface area contributed by atoms with Crippen LogP contribution >= 0.6 is 0 Å². The van der Waals surface area contributed by atoms with E-state index in [4.69, 9.17) is 4.74 Å². The molecule has 2 aliphatic carbocycles. The molecule has 1 aromatic rings. The first-order chi connectivity index (χ1) is 16.5. The van der Waals surface area contributed by atoms with Gasteiger partial charge in [0, 0.05) is 6.08 Å². The Bertz CT molecular complexity index is 981. The number of ether oxygens (including phenoxy) is 1. The van der Waals surface area contributed by atoms with Crippen molar-refractivity contribution in [3.8, 4) is 11.5 Å². The highest BCUT2D eigenvalue weighted by atomic mass is 16.5. The number of carbonyl (C=O) groups is 2. The lowest BCUT2D eigenvalue weighted by Crippen LogP contribution is -2.53. The van der Waals surface area contributed by atoms with E-state index in [-0.39, 0.29) is 22.8 Å². The van der Waals surface area contributed by atoms with E-state index in [0.29, 0.717) is 24.0 Å². The van der Waals surface area contributed by atoms with Crippen LogP contribution in [0.3, 0.4) is 0 Å². The maximum Gasteiger partial charge on any atom is 0.330 e. The minimum Gasteiger partial charge on any atom is -0.504 e. The molecular formula is C29H40O6. The molecule has 35 heavy (non-hydrogen) atoms. The van der Waals surface area contributed by atoms with Gasteiger partial charge in [-0.3, -0.25) is 4.79 Å². The van der Waals surface area contributed by atoms with Crippen LogP contribution in [0, 0.1) is 28.6 Å². The molecule has 2 aliphatic rings. The van der Waals surface area contributed by atoms with Gasteiger partial charge in [-0.1, -0.05) is 38.5 Å². The van der Waals surface area contributed by atoms with E-state index in [9.17, 15) is 24.9 Å². The summed E-state index contributed by atoms with van der Waals surface area (Å²) in [6, 6.07) is 4.33.